The quantitative estimate of drug-likeness (QED) is 0.702. The van der Waals surface area contributed by atoms with Crippen LogP contribution < -0.4 is 5.32 Å². The first-order valence-electron chi connectivity index (χ1n) is 5.36. The summed E-state index contributed by atoms with van der Waals surface area (Å²) in [6, 6.07) is 8.08. The number of unbranched alkanes of at least 4 members (excludes halogenated alkanes) is 1. The van der Waals surface area contributed by atoms with E-state index in [0.717, 1.165) is 22.5 Å². The largest absolute Gasteiger partial charge is 0.256 e. The first-order valence-corrected chi connectivity index (χ1v) is 5.77. The molecule has 0 N–H and O–H groups in total. The highest BCUT2D eigenvalue weighted by molar-refractivity contribution is 7.81. The fourth-order valence-corrected chi connectivity index (χ4v) is 2.03. The van der Waals surface area contributed by atoms with Crippen LogP contribution in [-0.4, -0.2) is 4.86 Å². The van der Waals surface area contributed by atoms with Crippen molar-refractivity contribution in [3.05, 3.63) is 41.6 Å². The van der Waals surface area contributed by atoms with E-state index < -0.39 is 0 Å². The Bertz CT molecular complexity index is 407. The zero-order valence-corrected chi connectivity index (χ0v) is 9.68. The van der Waals surface area contributed by atoms with E-state index in [9.17, 15) is 0 Å². The standard InChI is InChI=1S/C13H14NS/c1-2-3-6-10-9-14-12-8-5-4-7-11(12)13(10)15/h4-5,7-9H,2-3,6H2,1H3. The van der Waals surface area contributed by atoms with Crippen LogP contribution in [0.1, 0.15) is 31.7 Å². The van der Waals surface area contributed by atoms with E-state index >= 15 is 0 Å². The molecular formula is C13H14NS. The molecule has 0 amide bonds. The molecule has 0 fully saturated rings. The molecule has 1 aliphatic heterocycles. The Balaban J connectivity index is 2.22. The van der Waals surface area contributed by atoms with Crippen LogP contribution in [0, 0.1) is 0 Å². The molecule has 0 spiro atoms. The van der Waals surface area contributed by atoms with Gasteiger partial charge in [-0.3, -0.25) is 5.32 Å². The van der Waals surface area contributed by atoms with Gasteiger partial charge in [-0.1, -0.05) is 43.8 Å². The normalized spacial score (nSPS) is 14.2. The Morgan fingerprint density at radius 1 is 1.27 bits per heavy atom. The summed E-state index contributed by atoms with van der Waals surface area (Å²) in [5.41, 5.74) is 3.33. The van der Waals surface area contributed by atoms with Crippen LogP contribution >= 0.6 is 12.2 Å². The molecule has 0 aromatic heterocycles. The van der Waals surface area contributed by atoms with E-state index in [4.69, 9.17) is 12.2 Å². The molecule has 77 valence electrons. The van der Waals surface area contributed by atoms with Crippen LogP contribution in [0.4, 0.5) is 5.69 Å². The van der Waals surface area contributed by atoms with Gasteiger partial charge in [0.2, 0.25) is 0 Å². The molecule has 0 saturated heterocycles. The predicted molar refractivity (Wildman–Crippen MR) is 67.5 cm³/mol. The third-order valence-electron chi connectivity index (χ3n) is 2.60. The molecule has 1 radical (unpaired) electrons. The maximum Gasteiger partial charge on any atom is 0.0716 e. The molecule has 0 unspecified atom stereocenters. The lowest BCUT2D eigenvalue weighted by atomic mass is 9.97. The van der Waals surface area contributed by atoms with Gasteiger partial charge >= 0.3 is 0 Å². The van der Waals surface area contributed by atoms with Crippen LogP contribution in [0.5, 0.6) is 0 Å². The van der Waals surface area contributed by atoms with Crippen LogP contribution in [0.2, 0.25) is 0 Å². The number of rotatable bonds is 3. The molecule has 1 aromatic rings. The van der Waals surface area contributed by atoms with Gasteiger partial charge < -0.3 is 0 Å². The van der Waals surface area contributed by atoms with Gasteiger partial charge in [0.05, 0.1) is 10.6 Å². The van der Waals surface area contributed by atoms with E-state index in [2.05, 4.69) is 18.3 Å². The van der Waals surface area contributed by atoms with Crippen LogP contribution in [-0.2, 0) is 0 Å². The molecule has 1 aromatic carbocycles. The van der Waals surface area contributed by atoms with Gasteiger partial charge in [-0.15, -0.1) is 0 Å². The molecule has 15 heavy (non-hydrogen) atoms. The van der Waals surface area contributed by atoms with Crippen molar-refractivity contribution in [1.82, 2.24) is 5.32 Å². The molecule has 2 rings (SSSR count). The fourth-order valence-electron chi connectivity index (χ4n) is 1.70. The minimum atomic E-state index is 0.981. The summed E-state index contributed by atoms with van der Waals surface area (Å²) >= 11 is 5.47. The smallest absolute Gasteiger partial charge is 0.0716 e. The molecule has 0 atom stereocenters. The van der Waals surface area contributed by atoms with E-state index in [-0.39, 0.29) is 0 Å². The summed E-state index contributed by atoms with van der Waals surface area (Å²) in [6.45, 7) is 2.19. The average Bonchev–Trinajstić information content (AvgIpc) is 2.29. The number of nitrogens with zero attached hydrogens (tertiary/aromatic N) is 1. The Morgan fingerprint density at radius 2 is 2.07 bits per heavy atom. The van der Waals surface area contributed by atoms with Crippen LogP contribution in [0.25, 0.3) is 0 Å². The lowest BCUT2D eigenvalue weighted by molar-refractivity contribution is 0.798. The number of hydrogen-bond donors (Lipinski definition) is 0. The molecule has 0 saturated carbocycles. The van der Waals surface area contributed by atoms with Gasteiger partial charge in [0, 0.05) is 11.8 Å². The minimum Gasteiger partial charge on any atom is -0.256 e. The van der Waals surface area contributed by atoms with Crippen LogP contribution in [0.15, 0.2) is 36.0 Å². The summed E-state index contributed by atoms with van der Waals surface area (Å²) in [5, 5.41) is 4.43. The van der Waals surface area contributed by atoms with Gasteiger partial charge in [0.1, 0.15) is 0 Å². The second-order valence-electron chi connectivity index (χ2n) is 3.73. The zero-order chi connectivity index (χ0) is 10.7. The lowest BCUT2D eigenvalue weighted by Crippen LogP contribution is -2.11. The Morgan fingerprint density at radius 3 is 2.87 bits per heavy atom. The van der Waals surface area contributed by atoms with E-state index in [1.54, 1.807) is 0 Å². The molecule has 0 bridgehead atoms. The van der Waals surface area contributed by atoms with Gasteiger partial charge in [0.15, 0.2) is 0 Å². The summed E-state index contributed by atoms with van der Waals surface area (Å²) in [7, 11) is 0. The minimum absolute atomic E-state index is 0.981. The first-order chi connectivity index (χ1) is 7.33. The topological polar surface area (TPSA) is 14.1 Å². The number of thiocarbonyl (C=S) groups is 1. The number of fused-ring (bicyclic) bond motifs is 1. The fraction of sp³-hybridized carbons (Fsp3) is 0.308. The van der Waals surface area contributed by atoms with Crippen molar-refractivity contribution < 1.29 is 0 Å². The Hall–Kier alpha value is -1.15. The van der Waals surface area contributed by atoms with Crippen molar-refractivity contribution in [2.45, 2.75) is 26.2 Å². The van der Waals surface area contributed by atoms with E-state index in [0.29, 0.717) is 0 Å². The molecule has 1 heterocycles. The van der Waals surface area contributed by atoms with Gasteiger partial charge in [-0.25, -0.2) is 0 Å². The van der Waals surface area contributed by atoms with Crippen molar-refractivity contribution in [2.24, 2.45) is 0 Å². The molecule has 1 aliphatic rings. The highest BCUT2D eigenvalue weighted by Crippen LogP contribution is 2.26. The number of para-hydroxylation sites is 1. The molecule has 0 aliphatic carbocycles. The average molecular weight is 216 g/mol. The Kier molecular flexibility index (Phi) is 3.17. The predicted octanol–water partition coefficient (Wildman–Crippen LogP) is 3.73. The SMILES string of the molecule is CCCCC1=C[N]c2ccccc2C1=S. The third-order valence-corrected chi connectivity index (χ3v) is 3.08. The van der Waals surface area contributed by atoms with Crippen molar-refractivity contribution >= 4 is 22.8 Å². The summed E-state index contributed by atoms with van der Waals surface area (Å²) in [5.74, 6) is 0. The highest BCUT2D eigenvalue weighted by Gasteiger charge is 2.16. The number of hydrogen-bond acceptors (Lipinski definition) is 1. The molecular weight excluding hydrogens is 202 g/mol. The first kappa shape index (κ1) is 10.4. The second kappa shape index (κ2) is 4.58. The van der Waals surface area contributed by atoms with E-state index in [1.807, 2.05) is 24.4 Å². The van der Waals surface area contributed by atoms with Gasteiger partial charge in [-0.2, -0.15) is 0 Å². The number of benzene rings is 1. The van der Waals surface area contributed by atoms with Crippen LogP contribution in [0.3, 0.4) is 0 Å². The van der Waals surface area contributed by atoms with Crippen molar-refractivity contribution in [3.8, 4) is 0 Å². The highest BCUT2D eigenvalue weighted by atomic mass is 32.1. The zero-order valence-electron chi connectivity index (χ0n) is 8.86. The maximum atomic E-state index is 5.47. The van der Waals surface area contributed by atoms with Crippen molar-refractivity contribution in [3.63, 3.8) is 0 Å². The lowest BCUT2D eigenvalue weighted by Gasteiger charge is -2.17. The third kappa shape index (κ3) is 2.10. The Labute approximate surface area is 96.2 Å². The number of allylic oxidation sites excluding steroid dienone is 1. The van der Waals surface area contributed by atoms with Gasteiger partial charge in [-0.05, 0) is 24.5 Å². The van der Waals surface area contributed by atoms with Crippen molar-refractivity contribution in [2.75, 3.05) is 0 Å². The maximum absolute atomic E-state index is 5.47. The molecule has 2 heteroatoms. The summed E-state index contributed by atoms with van der Waals surface area (Å²) in [6.07, 6.45) is 5.36. The molecule has 1 nitrogen and oxygen atoms in total. The van der Waals surface area contributed by atoms with Crippen molar-refractivity contribution in [1.29, 1.82) is 0 Å². The second-order valence-corrected chi connectivity index (χ2v) is 4.14. The van der Waals surface area contributed by atoms with E-state index in [1.165, 1.54) is 18.4 Å². The summed E-state index contributed by atoms with van der Waals surface area (Å²) in [4.78, 5) is 0.981. The summed E-state index contributed by atoms with van der Waals surface area (Å²) < 4.78 is 0. The monoisotopic (exact) mass is 216 g/mol. The van der Waals surface area contributed by atoms with Gasteiger partial charge in [0.25, 0.3) is 0 Å².